The van der Waals surface area contributed by atoms with Gasteiger partial charge in [-0.3, -0.25) is 9.59 Å². The maximum atomic E-state index is 12.6. The zero-order valence-corrected chi connectivity index (χ0v) is 13.5. The lowest BCUT2D eigenvalue weighted by Gasteiger charge is -2.53. The SMILES string of the molecule is CC(=O)c1ccc2c(c1)C(=O)CC1C(C)(C)CCC[C@]21C. The summed E-state index contributed by atoms with van der Waals surface area (Å²) in [5.41, 5.74) is 2.89. The van der Waals surface area contributed by atoms with E-state index in [2.05, 4.69) is 20.8 Å². The summed E-state index contributed by atoms with van der Waals surface area (Å²) in [5.74, 6) is 0.648. The molecule has 2 heteroatoms. The summed E-state index contributed by atoms with van der Waals surface area (Å²) >= 11 is 0. The second-order valence-corrected chi connectivity index (χ2v) is 7.76. The summed E-state index contributed by atoms with van der Waals surface area (Å²) in [7, 11) is 0. The van der Waals surface area contributed by atoms with E-state index in [1.807, 2.05) is 18.2 Å². The van der Waals surface area contributed by atoms with Gasteiger partial charge >= 0.3 is 0 Å². The van der Waals surface area contributed by atoms with Crippen molar-refractivity contribution in [3.05, 3.63) is 34.9 Å². The molecule has 2 aliphatic rings. The van der Waals surface area contributed by atoms with Crippen LogP contribution in [0.4, 0.5) is 0 Å². The normalized spacial score (nSPS) is 30.5. The molecule has 3 rings (SSSR count). The highest BCUT2D eigenvalue weighted by molar-refractivity contribution is 6.03. The summed E-state index contributed by atoms with van der Waals surface area (Å²) in [6, 6.07) is 5.75. The van der Waals surface area contributed by atoms with Gasteiger partial charge in [0.25, 0.3) is 0 Å². The topological polar surface area (TPSA) is 34.1 Å². The minimum Gasteiger partial charge on any atom is -0.295 e. The molecule has 0 saturated heterocycles. The summed E-state index contributed by atoms with van der Waals surface area (Å²) < 4.78 is 0. The first-order valence-corrected chi connectivity index (χ1v) is 7.94. The van der Waals surface area contributed by atoms with Crippen molar-refractivity contribution in [2.75, 3.05) is 0 Å². The average Bonchev–Trinajstić information content (AvgIpc) is 2.41. The monoisotopic (exact) mass is 284 g/mol. The van der Waals surface area contributed by atoms with Crippen molar-refractivity contribution >= 4 is 11.6 Å². The Bertz CT molecular complexity index is 626. The van der Waals surface area contributed by atoms with E-state index in [-0.39, 0.29) is 22.4 Å². The summed E-state index contributed by atoms with van der Waals surface area (Å²) in [5, 5.41) is 0. The van der Waals surface area contributed by atoms with Crippen LogP contribution in [0.2, 0.25) is 0 Å². The number of ketones is 2. The molecule has 21 heavy (non-hydrogen) atoms. The molecule has 1 unspecified atom stereocenters. The van der Waals surface area contributed by atoms with Crippen LogP contribution in [0.25, 0.3) is 0 Å². The first-order chi connectivity index (χ1) is 9.75. The number of benzene rings is 1. The molecule has 2 aliphatic carbocycles. The third-order valence-electron chi connectivity index (χ3n) is 5.96. The quantitative estimate of drug-likeness (QED) is 0.708. The fourth-order valence-electron chi connectivity index (χ4n) is 4.73. The van der Waals surface area contributed by atoms with Gasteiger partial charge < -0.3 is 0 Å². The Morgan fingerprint density at radius 2 is 1.90 bits per heavy atom. The van der Waals surface area contributed by atoms with Gasteiger partial charge in [-0.1, -0.05) is 39.3 Å². The van der Waals surface area contributed by atoms with Gasteiger partial charge in [-0.2, -0.15) is 0 Å². The molecule has 1 aromatic rings. The van der Waals surface area contributed by atoms with Crippen LogP contribution >= 0.6 is 0 Å². The number of rotatable bonds is 1. The van der Waals surface area contributed by atoms with Crippen LogP contribution in [-0.4, -0.2) is 11.6 Å². The van der Waals surface area contributed by atoms with Crippen LogP contribution in [0.3, 0.4) is 0 Å². The fourth-order valence-corrected chi connectivity index (χ4v) is 4.73. The van der Waals surface area contributed by atoms with Crippen molar-refractivity contribution in [1.29, 1.82) is 0 Å². The van der Waals surface area contributed by atoms with Crippen LogP contribution in [0.5, 0.6) is 0 Å². The van der Waals surface area contributed by atoms with Crippen LogP contribution in [0, 0.1) is 11.3 Å². The molecule has 1 aromatic carbocycles. The molecule has 2 nitrogen and oxygen atoms in total. The predicted octanol–water partition coefficient (Wildman–Crippen LogP) is 4.56. The molecular formula is C19H24O2. The number of hydrogen-bond donors (Lipinski definition) is 0. The second kappa shape index (κ2) is 4.53. The van der Waals surface area contributed by atoms with Gasteiger partial charge in [0.15, 0.2) is 11.6 Å². The van der Waals surface area contributed by atoms with Crippen molar-refractivity contribution in [2.45, 2.75) is 58.8 Å². The van der Waals surface area contributed by atoms with Gasteiger partial charge in [-0.15, -0.1) is 0 Å². The Hall–Kier alpha value is -1.44. The molecule has 0 heterocycles. The van der Waals surface area contributed by atoms with Crippen LogP contribution < -0.4 is 0 Å². The number of fused-ring (bicyclic) bond motifs is 3. The molecule has 0 N–H and O–H groups in total. The highest BCUT2D eigenvalue weighted by Gasteiger charge is 2.51. The third kappa shape index (κ3) is 2.07. The van der Waals surface area contributed by atoms with Gasteiger partial charge in [-0.05, 0) is 48.1 Å². The first kappa shape index (κ1) is 14.5. The highest BCUT2D eigenvalue weighted by Crippen LogP contribution is 2.56. The lowest BCUT2D eigenvalue weighted by atomic mass is 9.50. The summed E-state index contributed by atoms with van der Waals surface area (Å²) in [6.45, 7) is 8.48. The van der Waals surface area contributed by atoms with E-state index in [0.717, 1.165) is 12.0 Å². The molecule has 0 radical (unpaired) electrons. The van der Waals surface area contributed by atoms with Gasteiger partial charge in [-0.25, -0.2) is 0 Å². The van der Waals surface area contributed by atoms with E-state index in [9.17, 15) is 9.59 Å². The predicted molar refractivity (Wildman–Crippen MR) is 83.9 cm³/mol. The average molecular weight is 284 g/mol. The Balaban J connectivity index is 2.17. The number of carbonyl (C=O) groups excluding carboxylic acids is 2. The largest absolute Gasteiger partial charge is 0.295 e. The van der Waals surface area contributed by atoms with Crippen LogP contribution in [0.15, 0.2) is 18.2 Å². The summed E-state index contributed by atoms with van der Waals surface area (Å²) in [6.07, 6.45) is 4.17. The Labute approximate surface area is 126 Å². The zero-order chi connectivity index (χ0) is 15.4. The lowest BCUT2D eigenvalue weighted by molar-refractivity contribution is 0.0368. The first-order valence-electron chi connectivity index (χ1n) is 7.94. The van der Waals surface area contributed by atoms with Gasteiger partial charge in [0.2, 0.25) is 0 Å². The van der Waals surface area contributed by atoms with Gasteiger partial charge in [0.05, 0.1) is 0 Å². The molecule has 0 amide bonds. The third-order valence-corrected chi connectivity index (χ3v) is 5.96. The minimum absolute atomic E-state index is 0.0295. The van der Waals surface area contributed by atoms with Crippen molar-refractivity contribution < 1.29 is 9.59 Å². The molecule has 0 aliphatic heterocycles. The maximum absolute atomic E-state index is 12.6. The Morgan fingerprint density at radius 3 is 2.57 bits per heavy atom. The van der Waals surface area contributed by atoms with E-state index in [0.29, 0.717) is 17.9 Å². The van der Waals surface area contributed by atoms with Crippen molar-refractivity contribution in [3.8, 4) is 0 Å². The molecule has 112 valence electrons. The van der Waals surface area contributed by atoms with Crippen molar-refractivity contribution in [1.82, 2.24) is 0 Å². The van der Waals surface area contributed by atoms with Crippen LogP contribution in [0.1, 0.15) is 79.7 Å². The fraction of sp³-hybridized carbons (Fsp3) is 0.579. The molecule has 2 atom stereocenters. The smallest absolute Gasteiger partial charge is 0.163 e. The standard InChI is InChI=1S/C19H24O2/c1-12(20)13-6-7-15-14(10-13)16(21)11-17-18(2,3)8-5-9-19(15,17)4/h6-7,10,17H,5,8-9,11H2,1-4H3/t17?,19-/m1/s1. The molecular weight excluding hydrogens is 260 g/mol. The second-order valence-electron chi connectivity index (χ2n) is 7.76. The Morgan fingerprint density at radius 1 is 1.19 bits per heavy atom. The van der Waals surface area contributed by atoms with Crippen LogP contribution in [-0.2, 0) is 5.41 Å². The van der Waals surface area contributed by atoms with E-state index in [1.54, 1.807) is 6.92 Å². The maximum Gasteiger partial charge on any atom is 0.163 e. The van der Waals surface area contributed by atoms with E-state index in [1.165, 1.54) is 18.4 Å². The van der Waals surface area contributed by atoms with Gasteiger partial charge in [0, 0.05) is 17.5 Å². The van der Waals surface area contributed by atoms with Crippen molar-refractivity contribution in [2.24, 2.45) is 11.3 Å². The number of Topliss-reactive ketones (excluding diaryl/α,β-unsaturated/α-hetero) is 2. The Kier molecular flexibility index (Phi) is 3.12. The lowest BCUT2D eigenvalue weighted by Crippen LogP contribution is -2.49. The van der Waals surface area contributed by atoms with Gasteiger partial charge in [0.1, 0.15) is 0 Å². The molecule has 0 spiro atoms. The van der Waals surface area contributed by atoms with E-state index < -0.39 is 0 Å². The van der Waals surface area contributed by atoms with E-state index >= 15 is 0 Å². The summed E-state index contributed by atoms with van der Waals surface area (Å²) in [4.78, 5) is 24.2. The zero-order valence-electron chi connectivity index (χ0n) is 13.5. The highest BCUT2D eigenvalue weighted by atomic mass is 16.1. The number of carbonyl (C=O) groups is 2. The van der Waals surface area contributed by atoms with E-state index in [4.69, 9.17) is 0 Å². The molecule has 0 bridgehead atoms. The van der Waals surface area contributed by atoms with Crippen molar-refractivity contribution in [3.63, 3.8) is 0 Å². The number of hydrogen-bond acceptors (Lipinski definition) is 2. The molecule has 1 fully saturated rings. The molecule has 1 saturated carbocycles. The minimum atomic E-state index is 0.0295. The molecule has 0 aromatic heterocycles.